The average Bonchev–Trinajstić information content (AvgIpc) is 2.98. The number of nitrogen functional groups attached to an aromatic ring is 2. The second-order valence-corrected chi connectivity index (χ2v) is 8.85. The van der Waals surface area contributed by atoms with E-state index in [9.17, 15) is 0 Å². The van der Waals surface area contributed by atoms with Crippen LogP contribution in [0.1, 0.15) is 23.7 Å². The van der Waals surface area contributed by atoms with Gasteiger partial charge in [-0.1, -0.05) is 24.0 Å². The lowest BCUT2D eigenvalue weighted by Gasteiger charge is -2.25. The van der Waals surface area contributed by atoms with Gasteiger partial charge in [-0.2, -0.15) is 4.98 Å². The van der Waals surface area contributed by atoms with Crippen LogP contribution in [0.5, 0.6) is 5.75 Å². The van der Waals surface area contributed by atoms with Crippen molar-refractivity contribution in [3.63, 3.8) is 0 Å². The topological polar surface area (TPSA) is 116 Å². The molecule has 1 aliphatic rings. The summed E-state index contributed by atoms with van der Waals surface area (Å²) in [6.45, 7) is 9.84. The molecule has 4 N–H and O–H groups in total. The van der Waals surface area contributed by atoms with Crippen LogP contribution in [0.15, 0.2) is 37.0 Å². The summed E-state index contributed by atoms with van der Waals surface area (Å²) in [7, 11) is 0. The smallest absolute Gasteiger partial charge is 0.222 e. The summed E-state index contributed by atoms with van der Waals surface area (Å²) in [5.41, 5.74) is 18.3. The van der Waals surface area contributed by atoms with Gasteiger partial charge in [0, 0.05) is 29.4 Å². The molecule has 5 rings (SSSR count). The van der Waals surface area contributed by atoms with E-state index in [-0.39, 0.29) is 5.95 Å². The number of allylic oxidation sites excluding steroid dienone is 1. The molecular formula is C23H23N7OS. The monoisotopic (exact) mass is 445 g/mol. The van der Waals surface area contributed by atoms with E-state index in [1.54, 1.807) is 0 Å². The number of hydrogen-bond acceptors (Lipinski definition) is 9. The SMILES string of the molecule is C=C(C)c1c(C)nc(N)nc1N1CCOc2ccc(-c3cnc4sc(N)nc4c3)cc2C1. The fourth-order valence-electron chi connectivity index (χ4n) is 4.06. The Morgan fingerprint density at radius 1 is 1.16 bits per heavy atom. The molecule has 0 fully saturated rings. The lowest BCUT2D eigenvalue weighted by molar-refractivity contribution is 0.331. The third kappa shape index (κ3) is 3.60. The van der Waals surface area contributed by atoms with E-state index in [1.807, 2.05) is 38.2 Å². The van der Waals surface area contributed by atoms with E-state index in [0.29, 0.717) is 24.8 Å². The molecule has 162 valence electrons. The molecule has 9 heteroatoms. The third-order valence-corrected chi connectivity index (χ3v) is 6.26. The fraction of sp³-hybridized carbons (Fsp3) is 0.217. The molecule has 1 aliphatic heterocycles. The van der Waals surface area contributed by atoms with Crippen LogP contribution in [0.2, 0.25) is 0 Å². The van der Waals surface area contributed by atoms with E-state index in [0.717, 1.165) is 55.4 Å². The van der Waals surface area contributed by atoms with Crippen molar-refractivity contribution in [2.45, 2.75) is 20.4 Å². The number of fused-ring (bicyclic) bond motifs is 2. The number of nitrogens with two attached hydrogens (primary N) is 2. The first kappa shape index (κ1) is 20.2. The highest BCUT2D eigenvalue weighted by molar-refractivity contribution is 7.21. The van der Waals surface area contributed by atoms with E-state index in [2.05, 4.69) is 37.5 Å². The second kappa shape index (κ2) is 7.76. The van der Waals surface area contributed by atoms with E-state index in [4.69, 9.17) is 16.2 Å². The van der Waals surface area contributed by atoms with Crippen LogP contribution in [0, 0.1) is 6.92 Å². The maximum Gasteiger partial charge on any atom is 0.222 e. The van der Waals surface area contributed by atoms with Crippen LogP contribution >= 0.6 is 11.3 Å². The molecular weight excluding hydrogens is 422 g/mol. The molecule has 1 aromatic carbocycles. The van der Waals surface area contributed by atoms with Gasteiger partial charge in [-0.3, -0.25) is 0 Å². The molecule has 4 aromatic rings. The van der Waals surface area contributed by atoms with E-state index < -0.39 is 0 Å². The van der Waals surface area contributed by atoms with Gasteiger partial charge in [-0.05, 0) is 43.2 Å². The van der Waals surface area contributed by atoms with Crippen molar-refractivity contribution in [1.29, 1.82) is 0 Å². The van der Waals surface area contributed by atoms with Crippen LogP contribution in [-0.2, 0) is 6.54 Å². The Balaban J connectivity index is 1.55. The summed E-state index contributed by atoms with van der Waals surface area (Å²) in [5, 5.41) is 0.517. The highest BCUT2D eigenvalue weighted by atomic mass is 32.1. The van der Waals surface area contributed by atoms with Crippen LogP contribution in [0.3, 0.4) is 0 Å². The lowest BCUT2D eigenvalue weighted by Crippen LogP contribution is -2.28. The molecule has 0 atom stereocenters. The van der Waals surface area contributed by atoms with Gasteiger partial charge in [-0.25, -0.2) is 15.0 Å². The zero-order chi connectivity index (χ0) is 22.4. The van der Waals surface area contributed by atoms with Crippen LogP contribution < -0.4 is 21.1 Å². The summed E-state index contributed by atoms with van der Waals surface area (Å²) >= 11 is 1.38. The average molecular weight is 446 g/mol. The first-order valence-electron chi connectivity index (χ1n) is 10.2. The normalized spacial score (nSPS) is 13.5. The fourth-order valence-corrected chi connectivity index (χ4v) is 4.72. The van der Waals surface area contributed by atoms with E-state index >= 15 is 0 Å². The van der Waals surface area contributed by atoms with Crippen molar-refractivity contribution in [2.75, 3.05) is 29.5 Å². The number of pyridine rings is 1. The second-order valence-electron chi connectivity index (χ2n) is 7.84. The summed E-state index contributed by atoms with van der Waals surface area (Å²) in [6.07, 6.45) is 1.85. The Morgan fingerprint density at radius 2 is 2.00 bits per heavy atom. The zero-order valence-electron chi connectivity index (χ0n) is 17.9. The minimum atomic E-state index is 0.253. The first-order valence-corrected chi connectivity index (χ1v) is 11.0. The quantitative estimate of drug-likeness (QED) is 0.485. The molecule has 32 heavy (non-hydrogen) atoms. The molecule has 0 spiro atoms. The van der Waals surface area contributed by atoms with Crippen LogP contribution in [-0.4, -0.2) is 33.1 Å². The minimum Gasteiger partial charge on any atom is -0.491 e. The molecule has 4 heterocycles. The van der Waals surface area contributed by atoms with Crippen molar-refractivity contribution in [1.82, 2.24) is 19.9 Å². The van der Waals surface area contributed by atoms with Gasteiger partial charge in [0.05, 0.1) is 12.2 Å². The van der Waals surface area contributed by atoms with Gasteiger partial charge in [0.15, 0.2) is 5.13 Å². The van der Waals surface area contributed by atoms with Crippen molar-refractivity contribution in [3.05, 3.63) is 53.9 Å². The summed E-state index contributed by atoms with van der Waals surface area (Å²) in [4.78, 5) is 20.8. The van der Waals surface area contributed by atoms with Crippen molar-refractivity contribution in [3.8, 4) is 16.9 Å². The minimum absolute atomic E-state index is 0.253. The number of anilines is 3. The molecule has 0 unspecified atom stereocenters. The van der Waals surface area contributed by atoms with Gasteiger partial charge in [0.2, 0.25) is 5.95 Å². The molecule has 0 saturated heterocycles. The standard InChI is InChI=1S/C23H23N7OS/c1-12(2)19-13(3)27-22(24)29-20(19)30-6-7-31-18-5-4-14(8-16(18)11-30)15-9-17-21(26-10-15)32-23(25)28-17/h4-5,8-10H,1,6-7,11H2,2-3H3,(H2,25,28)(H2,24,27,29). The molecule has 0 radical (unpaired) electrons. The number of aromatic nitrogens is 4. The van der Waals surface area contributed by atoms with Gasteiger partial charge in [-0.15, -0.1) is 0 Å². The maximum atomic E-state index is 6.04. The predicted molar refractivity (Wildman–Crippen MR) is 130 cm³/mol. The van der Waals surface area contributed by atoms with Crippen LogP contribution in [0.4, 0.5) is 16.9 Å². The molecule has 0 aliphatic carbocycles. The Labute approximate surface area is 189 Å². The Morgan fingerprint density at radius 3 is 2.81 bits per heavy atom. The number of benzene rings is 1. The summed E-state index contributed by atoms with van der Waals surface area (Å²) in [6, 6.07) is 8.19. The number of aryl methyl sites for hydroxylation is 1. The summed E-state index contributed by atoms with van der Waals surface area (Å²) in [5.74, 6) is 1.90. The van der Waals surface area contributed by atoms with Crippen molar-refractivity contribution in [2.24, 2.45) is 0 Å². The summed E-state index contributed by atoms with van der Waals surface area (Å²) < 4.78 is 6.04. The molecule has 8 nitrogen and oxygen atoms in total. The maximum absolute atomic E-state index is 6.04. The number of hydrogen-bond donors (Lipinski definition) is 2. The number of ether oxygens (including phenoxy) is 1. The van der Waals surface area contributed by atoms with Gasteiger partial charge in [0.25, 0.3) is 0 Å². The van der Waals surface area contributed by atoms with E-state index in [1.165, 1.54) is 11.3 Å². The van der Waals surface area contributed by atoms with Gasteiger partial charge < -0.3 is 21.1 Å². The van der Waals surface area contributed by atoms with Crippen LogP contribution in [0.25, 0.3) is 27.0 Å². The van der Waals surface area contributed by atoms with Gasteiger partial charge >= 0.3 is 0 Å². The zero-order valence-corrected chi connectivity index (χ0v) is 18.7. The molecule has 3 aromatic heterocycles. The van der Waals surface area contributed by atoms with Crippen molar-refractivity contribution >= 4 is 44.2 Å². The van der Waals surface area contributed by atoms with Crippen molar-refractivity contribution < 1.29 is 4.74 Å². The Bertz CT molecular complexity index is 1360. The highest BCUT2D eigenvalue weighted by Gasteiger charge is 2.22. The Kier molecular flexibility index (Phi) is 4.90. The first-order chi connectivity index (χ1) is 15.4. The largest absolute Gasteiger partial charge is 0.491 e. The lowest BCUT2D eigenvalue weighted by atomic mass is 10.0. The number of thiazole rings is 1. The third-order valence-electron chi connectivity index (χ3n) is 5.45. The number of rotatable bonds is 3. The Hall–Kier alpha value is -3.72. The predicted octanol–water partition coefficient (Wildman–Crippen LogP) is 4.05. The number of nitrogens with zero attached hydrogens (tertiary/aromatic N) is 5. The molecule has 0 saturated carbocycles. The molecule has 0 bridgehead atoms. The van der Waals surface area contributed by atoms with Gasteiger partial charge in [0.1, 0.15) is 28.5 Å². The molecule has 0 amide bonds. The highest BCUT2D eigenvalue weighted by Crippen LogP contribution is 2.34.